The molecule has 0 saturated carbocycles. The third kappa shape index (κ3) is 6.16. The summed E-state index contributed by atoms with van der Waals surface area (Å²) in [5.74, 6) is -0.0811. The van der Waals surface area contributed by atoms with Gasteiger partial charge in [-0.05, 0) is 32.3 Å². The van der Waals surface area contributed by atoms with Crippen molar-refractivity contribution in [3.8, 4) is 0 Å². The number of hydrogen-bond acceptors (Lipinski definition) is 3. The molecule has 146 valence electrons. The molecule has 2 atom stereocenters. The van der Waals surface area contributed by atoms with Gasteiger partial charge in [0, 0.05) is 12.5 Å². The first-order valence-electron chi connectivity index (χ1n) is 9.36. The Hall–Kier alpha value is -2.24. The molecule has 1 aromatic carbocycles. The Balaban J connectivity index is 3.01. The van der Waals surface area contributed by atoms with Gasteiger partial charge in [-0.2, -0.15) is 0 Å². The molecular formula is C21H31BN2O3. The van der Waals surface area contributed by atoms with E-state index < -0.39 is 5.54 Å². The SMILES string of the molecule is [B]c1ccc(C(C)(NC(=O)NCCC(=O)OCC)C(C=C)C(C)C)cc1C. The summed E-state index contributed by atoms with van der Waals surface area (Å²) >= 11 is 0. The van der Waals surface area contributed by atoms with E-state index in [4.69, 9.17) is 12.6 Å². The Morgan fingerprint density at radius 2 is 2.04 bits per heavy atom. The van der Waals surface area contributed by atoms with Gasteiger partial charge in [0.05, 0.1) is 18.6 Å². The highest BCUT2D eigenvalue weighted by Crippen LogP contribution is 2.35. The molecule has 0 aliphatic rings. The summed E-state index contributed by atoms with van der Waals surface area (Å²) in [6, 6.07) is 5.43. The Morgan fingerprint density at radius 3 is 2.56 bits per heavy atom. The zero-order chi connectivity index (χ0) is 20.6. The Bertz CT molecular complexity index is 675. The van der Waals surface area contributed by atoms with Gasteiger partial charge in [0.1, 0.15) is 7.85 Å². The molecule has 2 amide bonds. The van der Waals surface area contributed by atoms with Gasteiger partial charge >= 0.3 is 12.0 Å². The van der Waals surface area contributed by atoms with Gasteiger partial charge in [-0.1, -0.05) is 49.1 Å². The maximum absolute atomic E-state index is 12.5. The number of carbonyl (C=O) groups is 2. The normalized spacial score (nSPS) is 14.1. The lowest BCUT2D eigenvalue weighted by Gasteiger charge is -2.40. The van der Waals surface area contributed by atoms with E-state index in [9.17, 15) is 9.59 Å². The lowest BCUT2D eigenvalue weighted by molar-refractivity contribution is -0.142. The molecule has 0 aliphatic carbocycles. The van der Waals surface area contributed by atoms with E-state index in [0.29, 0.717) is 12.1 Å². The van der Waals surface area contributed by atoms with Crippen LogP contribution in [0.2, 0.25) is 0 Å². The summed E-state index contributed by atoms with van der Waals surface area (Å²) in [6.07, 6.45) is 2.00. The molecule has 0 fully saturated rings. The van der Waals surface area contributed by atoms with Crippen LogP contribution in [0.25, 0.3) is 0 Å². The largest absolute Gasteiger partial charge is 0.466 e. The third-order valence-electron chi connectivity index (χ3n) is 4.80. The van der Waals surface area contributed by atoms with Crippen molar-refractivity contribution in [1.82, 2.24) is 10.6 Å². The van der Waals surface area contributed by atoms with Crippen LogP contribution in [0.1, 0.15) is 45.2 Å². The van der Waals surface area contributed by atoms with Gasteiger partial charge in [0.2, 0.25) is 0 Å². The van der Waals surface area contributed by atoms with Crippen molar-refractivity contribution >= 4 is 25.3 Å². The van der Waals surface area contributed by atoms with Crippen molar-refractivity contribution in [3.63, 3.8) is 0 Å². The zero-order valence-corrected chi connectivity index (χ0v) is 17.1. The molecule has 0 aliphatic heterocycles. The monoisotopic (exact) mass is 370 g/mol. The van der Waals surface area contributed by atoms with Crippen LogP contribution >= 0.6 is 0 Å². The van der Waals surface area contributed by atoms with E-state index in [1.165, 1.54) is 0 Å². The van der Waals surface area contributed by atoms with E-state index in [1.54, 1.807) is 6.92 Å². The summed E-state index contributed by atoms with van der Waals surface area (Å²) in [4.78, 5) is 24.0. The second kappa shape index (κ2) is 10.2. The van der Waals surface area contributed by atoms with Crippen LogP contribution in [0.15, 0.2) is 30.9 Å². The predicted molar refractivity (Wildman–Crippen MR) is 110 cm³/mol. The van der Waals surface area contributed by atoms with Gasteiger partial charge in [0.25, 0.3) is 0 Å². The molecule has 0 bridgehead atoms. The number of hydrogen-bond donors (Lipinski definition) is 2. The minimum atomic E-state index is -0.678. The Kier molecular flexibility index (Phi) is 8.61. The van der Waals surface area contributed by atoms with Gasteiger partial charge in [-0.15, -0.1) is 6.58 Å². The molecule has 0 aromatic heterocycles. The van der Waals surface area contributed by atoms with Crippen LogP contribution < -0.4 is 16.1 Å². The standard InChI is InChI=1S/C21H31BN2O3/c1-7-17(14(3)4)21(6,16-9-10-18(22)15(5)13-16)24-20(26)23-12-11-19(25)27-8-2/h7,9-10,13-14,17H,1,8,11-12H2,2-6H3,(H2,23,24,26). The lowest BCUT2D eigenvalue weighted by Crippen LogP contribution is -2.53. The lowest BCUT2D eigenvalue weighted by atomic mass is 9.72. The van der Waals surface area contributed by atoms with Crippen LogP contribution in [-0.2, 0) is 15.1 Å². The zero-order valence-electron chi connectivity index (χ0n) is 17.1. The van der Waals surface area contributed by atoms with E-state index >= 15 is 0 Å². The Labute approximate surface area is 164 Å². The maximum atomic E-state index is 12.5. The Morgan fingerprint density at radius 1 is 1.37 bits per heavy atom. The molecular weight excluding hydrogens is 339 g/mol. The first kappa shape index (κ1) is 22.8. The van der Waals surface area contributed by atoms with Crippen molar-refractivity contribution in [2.75, 3.05) is 13.2 Å². The van der Waals surface area contributed by atoms with E-state index in [0.717, 1.165) is 11.1 Å². The smallest absolute Gasteiger partial charge is 0.315 e. The molecule has 5 nitrogen and oxygen atoms in total. The average Bonchev–Trinajstić information content (AvgIpc) is 2.57. The van der Waals surface area contributed by atoms with Crippen LogP contribution in [0.4, 0.5) is 4.79 Å². The summed E-state index contributed by atoms with van der Waals surface area (Å²) in [5.41, 5.74) is 1.94. The number of carbonyl (C=O) groups excluding carboxylic acids is 2. The average molecular weight is 370 g/mol. The number of ether oxygens (including phenoxy) is 1. The first-order valence-corrected chi connectivity index (χ1v) is 9.36. The quantitative estimate of drug-likeness (QED) is 0.399. The number of amides is 2. The number of esters is 1. The summed E-state index contributed by atoms with van der Waals surface area (Å²) in [7, 11) is 5.96. The molecule has 6 heteroatoms. The fourth-order valence-corrected chi connectivity index (χ4v) is 3.31. The van der Waals surface area contributed by atoms with Crippen molar-refractivity contribution in [3.05, 3.63) is 42.0 Å². The molecule has 1 aromatic rings. The van der Waals surface area contributed by atoms with Crippen LogP contribution in [0, 0.1) is 18.8 Å². The fraction of sp³-hybridized carbons (Fsp3) is 0.524. The second-order valence-electron chi connectivity index (χ2n) is 7.22. The maximum Gasteiger partial charge on any atom is 0.315 e. The summed E-state index contributed by atoms with van der Waals surface area (Å²) < 4.78 is 4.87. The van der Waals surface area contributed by atoms with E-state index in [1.807, 2.05) is 38.1 Å². The fourth-order valence-electron chi connectivity index (χ4n) is 3.31. The number of benzene rings is 1. The molecule has 0 spiro atoms. The predicted octanol–water partition coefficient (Wildman–Crippen LogP) is 2.71. The highest BCUT2D eigenvalue weighted by molar-refractivity contribution is 6.33. The van der Waals surface area contributed by atoms with Crippen molar-refractivity contribution in [2.45, 2.75) is 46.6 Å². The van der Waals surface area contributed by atoms with Crippen LogP contribution in [0.5, 0.6) is 0 Å². The third-order valence-corrected chi connectivity index (χ3v) is 4.80. The summed E-state index contributed by atoms with van der Waals surface area (Å²) in [5, 5.41) is 5.81. The molecule has 1 rings (SSSR count). The molecule has 2 unspecified atom stereocenters. The molecule has 27 heavy (non-hydrogen) atoms. The van der Waals surface area contributed by atoms with E-state index in [2.05, 4.69) is 31.1 Å². The number of urea groups is 1. The van der Waals surface area contributed by atoms with Crippen LogP contribution in [-0.4, -0.2) is 33.0 Å². The number of nitrogens with one attached hydrogen (secondary N) is 2. The van der Waals surface area contributed by atoms with Gasteiger partial charge in [-0.25, -0.2) is 4.79 Å². The van der Waals surface area contributed by atoms with Gasteiger partial charge in [0.15, 0.2) is 0 Å². The van der Waals surface area contributed by atoms with Crippen LogP contribution in [0.3, 0.4) is 0 Å². The molecule has 2 N–H and O–H groups in total. The molecule has 2 radical (unpaired) electrons. The van der Waals surface area contributed by atoms with Gasteiger partial charge < -0.3 is 15.4 Å². The number of rotatable bonds is 9. The second-order valence-corrected chi connectivity index (χ2v) is 7.22. The highest BCUT2D eigenvalue weighted by Gasteiger charge is 2.37. The van der Waals surface area contributed by atoms with Crippen molar-refractivity contribution < 1.29 is 14.3 Å². The molecule has 0 heterocycles. The van der Waals surface area contributed by atoms with Gasteiger partial charge in [-0.3, -0.25) is 4.79 Å². The topological polar surface area (TPSA) is 67.4 Å². The van der Waals surface area contributed by atoms with E-state index in [-0.39, 0.29) is 36.8 Å². The van der Waals surface area contributed by atoms with Crippen molar-refractivity contribution in [1.29, 1.82) is 0 Å². The van der Waals surface area contributed by atoms with Crippen molar-refractivity contribution in [2.24, 2.45) is 11.8 Å². The minimum Gasteiger partial charge on any atom is -0.466 e. The number of aryl methyl sites for hydroxylation is 1. The summed E-state index contributed by atoms with van der Waals surface area (Å²) in [6.45, 7) is 14.4. The first-order chi connectivity index (χ1) is 12.7. The molecule has 0 saturated heterocycles. The highest BCUT2D eigenvalue weighted by atomic mass is 16.5. The minimum absolute atomic E-state index is 0.00340.